The van der Waals surface area contributed by atoms with Crippen LogP contribution in [0.15, 0.2) is 4.99 Å². The lowest BCUT2D eigenvalue weighted by molar-refractivity contribution is 0.350. The molecule has 4 nitrogen and oxygen atoms in total. The normalized spacial score (nSPS) is 20.3. The third-order valence-electron chi connectivity index (χ3n) is 3.11. The molecule has 0 aromatic rings. The topological polar surface area (TPSA) is 62.4 Å². The first kappa shape index (κ1) is 12.3. The van der Waals surface area contributed by atoms with Crippen molar-refractivity contribution in [2.75, 3.05) is 13.1 Å². The van der Waals surface area contributed by atoms with Gasteiger partial charge in [-0.05, 0) is 24.7 Å². The summed E-state index contributed by atoms with van der Waals surface area (Å²) < 4.78 is 0. The van der Waals surface area contributed by atoms with Gasteiger partial charge in [-0.2, -0.15) is 0 Å². The van der Waals surface area contributed by atoms with Crippen LogP contribution in [0.5, 0.6) is 0 Å². The van der Waals surface area contributed by atoms with Crippen molar-refractivity contribution in [3.8, 4) is 0 Å². The summed E-state index contributed by atoms with van der Waals surface area (Å²) in [6.45, 7) is 6.24. The van der Waals surface area contributed by atoms with Crippen molar-refractivity contribution in [2.24, 2.45) is 16.3 Å². The van der Waals surface area contributed by atoms with E-state index in [1.807, 2.05) is 0 Å². The minimum Gasteiger partial charge on any atom is -0.355 e. The fourth-order valence-corrected chi connectivity index (χ4v) is 2.05. The summed E-state index contributed by atoms with van der Waals surface area (Å²) in [5.74, 6) is 6.12. The monoisotopic (exact) mass is 212 g/mol. The number of nitrogens with zero attached hydrogens (tertiary/aromatic N) is 1. The van der Waals surface area contributed by atoms with Crippen LogP contribution in [0.1, 0.15) is 46.0 Å². The summed E-state index contributed by atoms with van der Waals surface area (Å²) in [6.07, 6.45) is 6.36. The number of hydrazine groups is 1. The molecule has 0 unspecified atom stereocenters. The number of nitrogens with two attached hydrogens (primary N) is 1. The molecule has 4 heteroatoms. The Morgan fingerprint density at radius 2 is 2.07 bits per heavy atom. The zero-order valence-corrected chi connectivity index (χ0v) is 9.97. The van der Waals surface area contributed by atoms with Crippen molar-refractivity contribution in [3.05, 3.63) is 0 Å². The molecule has 0 aromatic heterocycles. The van der Waals surface area contributed by atoms with Gasteiger partial charge in [0.2, 0.25) is 5.96 Å². The van der Waals surface area contributed by atoms with E-state index in [1.165, 1.54) is 25.7 Å². The Labute approximate surface area is 92.7 Å². The summed E-state index contributed by atoms with van der Waals surface area (Å²) in [5, 5.41) is 3.17. The molecule has 0 atom stereocenters. The third kappa shape index (κ3) is 4.08. The Hall–Kier alpha value is -0.770. The quantitative estimate of drug-likeness (QED) is 0.285. The molecule has 0 radical (unpaired) electrons. The zero-order valence-electron chi connectivity index (χ0n) is 9.97. The summed E-state index contributed by atoms with van der Waals surface area (Å²) in [6, 6.07) is 0. The van der Waals surface area contributed by atoms with Gasteiger partial charge >= 0.3 is 0 Å². The maximum absolute atomic E-state index is 5.40. The van der Waals surface area contributed by atoms with Crippen LogP contribution in [0.4, 0.5) is 0 Å². The molecular weight excluding hydrogens is 188 g/mol. The van der Waals surface area contributed by atoms with E-state index in [0.29, 0.717) is 5.41 Å². The average molecular weight is 212 g/mol. The first-order valence-electron chi connectivity index (χ1n) is 5.95. The zero-order chi connectivity index (χ0) is 11.1. The van der Waals surface area contributed by atoms with Crippen LogP contribution in [0.2, 0.25) is 0 Å². The van der Waals surface area contributed by atoms with Gasteiger partial charge in [0.1, 0.15) is 0 Å². The molecule has 1 saturated carbocycles. The lowest BCUT2D eigenvalue weighted by atomic mass is 9.89. The molecule has 4 N–H and O–H groups in total. The second-order valence-corrected chi connectivity index (χ2v) is 4.75. The van der Waals surface area contributed by atoms with E-state index in [2.05, 4.69) is 29.6 Å². The fourth-order valence-electron chi connectivity index (χ4n) is 2.05. The van der Waals surface area contributed by atoms with E-state index in [1.54, 1.807) is 0 Å². The smallest absolute Gasteiger partial charge is 0.205 e. The van der Waals surface area contributed by atoms with Crippen LogP contribution >= 0.6 is 0 Å². The Bertz CT molecular complexity index is 207. The minimum atomic E-state index is 0.399. The van der Waals surface area contributed by atoms with Gasteiger partial charge in [-0.15, -0.1) is 0 Å². The molecule has 0 heterocycles. The molecule has 0 aromatic carbocycles. The molecule has 1 fully saturated rings. The maximum atomic E-state index is 5.40. The lowest BCUT2D eigenvalue weighted by Crippen LogP contribution is -2.42. The van der Waals surface area contributed by atoms with Crippen LogP contribution < -0.4 is 16.6 Å². The van der Waals surface area contributed by atoms with Crippen molar-refractivity contribution in [1.82, 2.24) is 10.7 Å². The lowest BCUT2D eigenvalue weighted by Gasteiger charge is -2.21. The summed E-state index contributed by atoms with van der Waals surface area (Å²) in [7, 11) is 0. The number of aliphatic imine (C=N–C) groups is 1. The molecule has 1 aliphatic rings. The highest BCUT2D eigenvalue weighted by molar-refractivity contribution is 5.79. The van der Waals surface area contributed by atoms with E-state index in [4.69, 9.17) is 5.84 Å². The molecule has 15 heavy (non-hydrogen) atoms. The highest BCUT2D eigenvalue weighted by atomic mass is 15.3. The number of hydrogen-bond donors (Lipinski definition) is 3. The van der Waals surface area contributed by atoms with Crippen LogP contribution in [0.25, 0.3) is 0 Å². The number of guanidine groups is 1. The average Bonchev–Trinajstić information content (AvgIpc) is 2.66. The first-order valence-corrected chi connectivity index (χ1v) is 5.95. The first-order chi connectivity index (χ1) is 7.20. The number of hydrogen-bond acceptors (Lipinski definition) is 2. The van der Waals surface area contributed by atoms with Crippen LogP contribution in [-0.2, 0) is 0 Å². The molecule has 1 aliphatic carbocycles. The highest BCUT2D eigenvalue weighted by Gasteiger charge is 2.28. The van der Waals surface area contributed by atoms with Gasteiger partial charge in [0, 0.05) is 13.1 Å². The van der Waals surface area contributed by atoms with E-state index < -0.39 is 0 Å². The van der Waals surface area contributed by atoms with E-state index in [9.17, 15) is 0 Å². The molecule has 0 bridgehead atoms. The molecule has 0 saturated heterocycles. The highest BCUT2D eigenvalue weighted by Crippen LogP contribution is 2.37. The third-order valence-corrected chi connectivity index (χ3v) is 3.11. The molecule has 0 spiro atoms. The van der Waals surface area contributed by atoms with Gasteiger partial charge in [0.25, 0.3) is 0 Å². The van der Waals surface area contributed by atoms with Crippen molar-refractivity contribution in [2.45, 2.75) is 46.0 Å². The number of nitrogens with one attached hydrogen (secondary N) is 2. The van der Waals surface area contributed by atoms with E-state index in [0.717, 1.165) is 25.5 Å². The molecule has 0 amide bonds. The molecule has 88 valence electrons. The van der Waals surface area contributed by atoms with Crippen molar-refractivity contribution in [3.63, 3.8) is 0 Å². The van der Waals surface area contributed by atoms with E-state index in [-0.39, 0.29) is 0 Å². The van der Waals surface area contributed by atoms with Gasteiger partial charge in [-0.25, -0.2) is 5.84 Å². The molecule has 0 aliphatic heterocycles. The van der Waals surface area contributed by atoms with Gasteiger partial charge in [-0.1, -0.05) is 26.7 Å². The summed E-state index contributed by atoms with van der Waals surface area (Å²) in [5.41, 5.74) is 3.02. The second-order valence-electron chi connectivity index (χ2n) is 4.75. The van der Waals surface area contributed by atoms with Gasteiger partial charge < -0.3 is 5.32 Å². The predicted molar refractivity (Wildman–Crippen MR) is 64.5 cm³/mol. The van der Waals surface area contributed by atoms with Gasteiger partial charge in [0.05, 0.1) is 0 Å². The van der Waals surface area contributed by atoms with Gasteiger partial charge in [-0.3, -0.25) is 10.4 Å². The SMILES string of the molecule is CCCNC(=NCC1(C)CCCC1)NN. The number of rotatable bonds is 4. The van der Waals surface area contributed by atoms with Crippen LogP contribution in [0, 0.1) is 5.41 Å². The Balaban J connectivity index is 2.38. The summed E-state index contributed by atoms with van der Waals surface area (Å²) in [4.78, 5) is 4.50. The molecule has 1 rings (SSSR count). The van der Waals surface area contributed by atoms with Crippen molar-refractivity contribution < 1.29 is 0 Å². The Kier molecular flexibility index (Phi) is 4.88. The Morgan fingerprint density at radius 3 is 2.60 bits per heavy atom. The maximum Gasteiger partial charge on any atom is 0.205 e. The van der Waals surface area contributed by atoms with Crippen LogP contribution in [-0.4, -0.2) is 19.0 Å². The fraction of sp³-hybridized carbons (Fsp3) is 0.909. The Morgan fingerprint density at radius 1 is 1.40 bits per heavy atom. The minimum absolute atomic E-state index is 0.399. The van der Waals surface area contributed by atoms with Gasteiger partial charge in [0.15, 0.2) is 0 Å². The second kappa shape index (κ2) is 5.95. The van der Waals surface area contributed by atoms with E-state index >= 15 is 0 Å². The summed E-state index contributed by atoms with van der Waals surface area (Å²) >= 11 is 0. The molecular formula is C11H24N4. The van der Waals surface area contributed by atoms with Crippen LogP contribution in [0.3, 0.4) is 0 Å². The predicted octanol–water partition coefficient (Wildman–Crippen LogP) is 1.39. The van der Waals surface area contributed by atoms with Crippen molar-refractivity contribution in [1.29, 1.82) is 0 Å². The van der Waals surface area contributed by atoms with Crippen molar-refractivity contribution >= 4 is 5.96 Å². The largest absolute Gasteiger partial charge is 0.355 e. The standard InChI is InChI=1S/C11H24N4/c1-3-8-13-10(15-12)14-9-11(2)6-4-5-7-11/h3-9,12H2,1-2H3,(H2,13,14,15).